The predicted octanol–water partition coefficient (Wildman–Crippen LogP) is 3.14. The molecule has 0 saturated heterocycles. The van der Waals surface area contributed by atoms with Crippen molar-refractivity contribution in [3.63, 3.8) is 0 Å². The Morgan fingerprint density at radius 2 is 1.87 bits per heavy atom. The number of hydrogen-bond donors (Lipinski definition) is 0. The first-order chi connectivity index (χ1) is 7.36. The lowest BCUT2D eigenvalue weighted by molar-refractivity contribution is 1.30. The molecule has 0 amide bonds. The van der Waals surface area contributed by atoms with E-state index in [0.29, 0.717) is 0 Å². The number of pyridine rings is 1. The Morgan fingerprint density at radius 3 is 2.60 bits per heavy atom. The molecule has 15 heavy (non-hydrogen) atoms. The summed E-state index contributed by atoms with van der Waals surface area (Å²) >= 11 is 0. The first kappa shape index (κ1) is 9.59. The number of benzene rings is 1. The van der Waals surface area contributed by atoms with E-state index in [4.69, 9.17) is 0 Å². The zero-order valence-electron chi connectivity index (χ0n) is 8.59. The van der Waals surface area contributed by atoms with Gasteiger partial charge in [0.2, 0.25) is 0 Å². The SMILES string of the molecule is Cc1ccccc1/N=C/c1ccccn1. The molecule has 0 saturated carbocycles. The van der Waals surface area contributed by atoms with Crippen molar-refractivity contribution < 1.29 is 0 Å². The van der Waals surface area contributed by atoms with Crippen LogP contribution in [0.25, 0.3) is 0 Å². The van der Waals surface area contributed by atoms with Crippen LogP contribution in [0.5, 0.6) is 0 Å². The molecule has 0 aliphatic heterocycles. The minimum absolute atomic E-state index is 0.876. The summed E-state index contributed by atoms with van der Waals surface area (Å²) in [6.45, 7) is 2.05. The average Bonchev–Trinajstić information content (AvgIpc) is 2.29. The Bertz CT molecular complexity index is 461. The zero-order chi connectivity index (χ0) is 10.5. The van der Waals surface area contributed by atoms with E-state index in [-0.39, 0.29) is 0 Å². The number of aliphatic imine (C=N–C) groups is 1. The van der Waals surface area contributed by atoms with Gasteiger partial charge in [-0.2, -0.15) is 0 Å². The minimum Gasteiger partial charge on any atom is -0.255 e. The lowest BCUT2D eigenvalue weighted by Crippen LogP contribution is -1.84. The fraction of sp³-hybridized carbons (Fsp3) is 0.0769. The van der Waals surface area contributed by atoms with Crippen LogP contribution >= 0.6 is 0 Å². The molecule has 74 valence electrons. The number of nitrogens with zero attached hydrogens (tertiary/aromatic N) is 2. The average molecular weight is 196 g/mol. The van der Waals surface area contributed by atoms with Crippen molar-refractivity contribution in [3.05, 3.63) is 59.9 Å². The van der Waals surface area contributed by atoms with Gasteiger partial charge in [-0.3, -0.25) is 9.98 Å². The van der Waals surface area contributed by atoms with Gasteiger partial charge in [-0.1, -0.05) is 24.3 Å². The number of aromatic nitrogens is 1. The molecule has 1 heterocycles. The van der Waals surface area contributed by atoms with Gasteiger partial charge in [-0.15, -0.1) is 0 Å². The third-order valence-corrected chi connectivity index (χ3v) is 2.14. The molecule has 0 atom stereocenters. The van der Waals surface area contributed by atoms with Gasteiger partial charge in [-0.25, -0.2) is 0 Å². The Labute approximate surface area is 89.3 Å². The van der Waals surface area contributed by atoms with Crippen molar-refractivity contribution in [3.8, 4) is 0 Å². The van der Waals surface area contributed by atoms with E-state index >= 15 is 0 Å². The van der Waals surface area contributed by atoms with E-state index in [9.17, 15) is 0 Å². The quantitative estimate of drug-likeness (QED) is 0.677. The molecule has 0 spiro atoms. The van der Waals surface area contributed by atoms with Crippen LogP contribution < -0.4 is 0 Å². The summed E-state index contributed by atoms with van der Waals surface area (Å²) in [7, 11) is 0. The largest absolute Gasteiger partial charge is 0.255 e. The second-order valence-electron chi connectivity index (χ2n) is 3.30. The molecule has 0 unspecified atom stereocenters. The van der Waals surface area contributed by atoms with Gasteiger partial charge in [0, 0.05) is 6.20 Å². The first-order valence-electron chi connectivity index (χ1n) is 4.87. The molecular weight excluding hydrogens is 184 g/mol. The standard InChI is InChI=1S/C13H12N2/c1-11-6-2-3-8-13(11)15-10-12-7-4-5-9-14-12/h2-10H,1H3/b15-10+. The van der Waals surface area contributed by atoms with Gasteiger partial charge in [0.15, 0.2) is 0 Å². The maximum atomic E-state index is 4.39. The smallest absolute Gasteiger partial charge is 0.0812 e. The molecule has 2 rings (SSSR count). The molecule has 2 aromatic rings. The maximum absolute atomic E-state index is 4.39. The summed E-state index contributed by atoms with van der Waals surface area (Å²) in [5, 5.41) is 0. The van der Waals surface area contributed by atoms with E-state index in [1.54, 1.807) is 12.4 Å². The fourth-order valence-electron chi connectivity index (χ4n) is 1.30. The van der Waals surface area contributed by atoms with Gasteiger partial charge >= 0.3 is 0 Å². The van der Waals surface area contributed by atoms with Crippen molar-refractivity contribution in [2.45, 2.75) is 6.92 Å². The summed E-state index contributed by atoms with van der Waals surface area (Å²) in [4.78, 5) is 8.56. The van der Waals surface area contributed by atoms with Crippen LogP contribution in [0.15, 0.2) is 53.7 Å². The third-order valence-electron chi connectivity index (χ3n) is 2.14. The van der Waals surface area contributed by atoms with Crippen molar-refractivity contribution >= 4 is 11.9 Å². The van der Waals surface area contributed by atoms with Crippen LogP contribution in [0.3, 0.4) is 0 Å². The highest BCUT2D eigenvalue weighted by Gasteiger charge is 1.92. The van der Waals surface area contributed by atoms with Crippen molar-refractivity contribution in [1.82, 2.24) is 4.98 Å². The molecular formula is C13H12N2. The highest BCUT2D eigenvalue weighted by atomic mass is 14.8. The van der Waals surface area contributed by atoms with Crippen molar-refractivity contribution in [2.24, 2.45) is 4.99 Å². The summed E-state index contributed by atoms with van der Waals surface area (Å²) in [5.74, 6) is 0. The molecule has 0 radical (unpaired) electrons. The summed E-state index contributed by atoms with van der Waals surface area (Å²) < 4.78 is 0. The van der Waals surface area contributed by atoms with E-state index in [2.05, 4.69) is 9.98 Å². The summed E-state index contributed by atoms with van der Waals surface area (Å²) in [6.07, 6.45) is 3.54. The van der Waals surface area contributed by atoms with Crippen LogP contribution in [-0.2, 0) is 0 Å². The molecule has 2 heteroatoms. The van der Waals surface area contributed by atoms with Gasteiger partial charge in [-0.05, 0) is 30.7 Å². The second-order valence-corrected chi connectivity index (χ2v) is 3.30. The number of aryl methyl sites for hydroxylation is 1. The van der Waals surface area contributed by atoms with Gasteiger partial charge in [0.05, 0.1) is 17.6 Å². The van der Waals surface area contributed by atoms with E-state index in [1.807, 2.05) is 49.4 Å². The molecule has 0 N–H and O–H groups in total. The number of rotatable bonds is 2. The third kappa shape index (κ3) is 2.50. The number of hydrogen-bond acceptors (Lipinski definition) is 2. The van der Waals surface area contributed by atoms with E-state index < -0.39 is 0 Å². The molecule has 0 aliphatic rings. The van der Waals surface area contributed by atoms with Crippen LogP contribution in [0.4, 0.5) is 5.69 Å². The minimum atomic E-state index is 0.876. The van der Waals surface area contributed by atoms with Crippen LogP contribution in [0.2, 0.25) is 0 Å². The molecule has 1 aromatic carbocycles. The normalized spacial score (nSPS) is 10.7. The zero-order valence-corrected chi connectivity index (χ0v) is 8.59. The highest BCUT2D eigenvalue weighted by molar-refractivity contribution is 5.79. The van der Waals surface area contributed by atoms with Gasteiger partial charge in [0.25, 0.3) is 0 Å². The predicted molar refractivity (Wildman–Crippen MR) is 62.7 cm³/mol. The van der Waals surface area contributed by atoms with Crippen molar-refractivity contribution in [1.29, 1.82) is 0 Å². The van der Waals surface area contributed by atoms with E-state index in [1.165, 1.54) is 5.56 Å². The maximum Gasteiger partial charge on any atom is 0.0812 e. The Morgan fingerprint density at radius 1 is 1.07 bits per heavy atom. The fourth-order valence-corrected chi connectivity index (χ4v) is 1.30. The van der Waals surface area contributed by atoms with Crippen LogP contribution in [-0.4, -0.2) is 11.2 Å². The first-order valence-corrected chi connectivity index (χ1v) is 4.87. The molecule has 0 fully saturated rings. The molecule has 0 aliphatic carbocycles. The lowest BCUT2D eigenvalue weighted by atomic mass is 10.2. The Hall–Kier alpha value is -1.96. The Balaban J connectivity index is 2.23. The Kier molecular flexibility index (Phi) is 2.88. The van der Waals surface area contributed by atoms with Crippen LogP contribution in [0, 0.1) is 6.92 Å². The number of para-hydroxylation sites is 1. The monoisotopic (exact) mass is 196 g/mol. The highest BCUT2D eigenvalue weighted by Crippen LogP contribution is 2.16. The molecule has 2 nitrogen and oxygen atoms in total. The van der Waals surface area contributed by atoms with E-state index in [0.717, 1.165) is 11.4 Å². The van der Waals surface area contributed by atoms with Gasteiger partial charge in [0.1, 0.15) is 0 Å². The summed E-state index contributed by atoms with van der Waals surface area (Å²) in [6, 6.07) is 13.8. The second kappa shape index (κ2) is 4.51. The lowest BCUT2D eigenvalue weighted by Gasteiger charge is -1.97. The van der Waals surface area contributed by atoms with Crippen LogP contribution in [0.1, 0.15) is 11.3 Å². The van der Waals surface area contributed by atoms with Crippen molar-refractivity contribution in [2.75, 3.05) is 0 Å². The van der Waals surface area contributed by atoms with Gasteiger partial charge < -0.3 is 0 Å². The summed E-state index contributed by atoms with van der Waals surface area (Å²) in [5.41, 5.74) is 3.04. The molecule has 1 aromatic heterocycles. The molecule has 0 bridgehead atoms. The topological polar surface area (TPSA) is 25.2 Å².